The van der Waals surface area contributed by atoms with Crippen molar-refractivity contribution < 1.29 is 0 Å². The number of aromatic nitrogens is 2. The van der Waals surface area contributed by atoms with E-state index in [-0.39, 0.29) is 6.04 Å². The van der Waals surface area contributed by atoms with Gasteiger partial charge in [0.05, 0.1) is 17.1 Å². The first-order valence-electron chi connectivity index (χ1n) is 10.5. The zero-order chi connectivity index (χ0) is 22.0. The summed E-state index contributed by atoms with van der Waals surface area (Å²) in [4.78, 5) is 11.9. The molecule has 162 valence electrons. The summed E-state index contributed by atoms with van der Waals surface area (Å²) in [5.41, 5.74) is 18.4. The van der Waals surface area contributed by atoms with Gasteiger partial charge in [-0.3, -0.25) is 0 Å². The molecule has 8 nitrogen and oxygen atoms in total. The summed E-state index contributed by atoms with van der Waals surface area (Å²) in [5, 5.41) is 4.82. The Labute approximate surface area is 183 Å². The summed E-state index contributed by atoms with van der Waals surface area (Å²) in [7, 11) is 3.70. The molecule has 0 bridgehead atoms. The Bertz CT molecular complexity index is 1040. The van der Waals surface area contributed by atoms with E-state index in [4.69, 9.17) is 27.3 Å². The number of anilines is 4. The average Bonchev–Trinajstić information content (AvgIpc) is 2.79. The quantitative estimate of drug-likeness (QED) is 0.283. The van der Waals surface area contributed by atoms with Gasteiger partial charge in [-0.25, -0.2) is 15.8 Å². The highest BCUT2D eigenvalue weighted by atomic mass is 15.4. The fraction of sp³-hybridized carbons (Fsp3) is 0.304. The van der Waals surface area contributed by atoms with E-state index in [0.717, 1.165) is 71.3 Å². The third-order valence-corrected chi connectivity index (χ3v) is 5.74. The Hall–Kier alpha value is -3.36. The maximum absolute atomic E-state index is 6.07. The van der Waals surface area contributed by atoms with Crippen molar-refractivity contribution in [1.82, 2.24) is 9.97 Å². The van der Waals surface area contributed by atoms with Gasteiger partial charge >= 0.3 is 0 Å². The van der Waals surface area contributed by atoms with Gasteiger partial charge in [0.25, 0.3) is 0 Å². The molecule has 0 spiro atoms. The van der Waals surface area contributed by atoms with Crippen LogP contribution in [0.15, 0.2) is 48.7 Å². The number of hydrogen-bond acceptors (Lipinski definition) is 8. The van der Waals surface area contributed by atoms with Crippen LogP contribution in [0, 0.1) is 0 Å². The number of hydrogen-bond donors (Lipinski definition) is 4. The van der Waals surface area contributed by atoms with Crippen LogP contribution in [0.3, 0.4) is 0 Å². The van der Waals surface area contributed by atoms with Crippen LogP contribution in [0.2, 0.25) is 0 Å². The summed E-state index contributed by atoms with van der Waals surface area (Å²) in [6, 6.07) is 14.1. The van der Waals surface area contributed by atoms with E-state index < -0.39 is 0 Å². The van der Waals surface area contributed by atoms with E-state index in [9.17, 15) is 0 Å². The maximum atomic E-state index is 6.07. The fourth-order valence-corrected chi connectivity index (χ4v) is 3.91. The summed E-state index contributed by atoms with van der Waals surface area (Å²) >= 11 is 0. The van der Waals surface area contributed by atoms with Gasteiger partial charge in [-0.15, -0.1) is 0 Å². The minimum atomic E-state index is 0.256. The molecule has 0 amide bonds. The third kappa shape index (κ3) is 4.40. The first kappa shape index (κ1) is 20.9. The Balaban J connectivity index is 1.81. The van der Waals surface area contributed by atoms with E-state index in [1.165, 1.54) is 0 Å². The van der Waals surface area contributed by atoms with Gasteiger partial charge in [-0.1, -0.05) is 18.2 Å². The van der Waals surface area contributed by atoms with Crippen LogP contribution in [-0.2, 0) is 0 Å². The van der Waals surface area contributed by atoms with Crippen LogP contribution in [0.4, 0.5) is 23.0 Å². The second kappa shape index (κ2) is 8.79. The number of hydrazine groups is 1. The molecule has 1 aromatic heterocycles. The van der Waals surface area contributed by atoms with E-state index >= 15 is 0 Å². The smallest absolute Gasteiger partial charge is 0.225 e. The van der Waals surface area contributed by atoms with Crippen molar-refractivity contribution in [3.05, 3.63) is 48.7 Å². The molecule has 1 fully saturated rings. The SMILES string of the molecule is CNc1cc(-c2cnc(N3CCC(N)CC3)nc2-c2ccc(N)cc2)ccc1N(C)N. The number of rotatable bonds is 5. The highest BCUT2D eigenvalue weighted by molar-refractivity contribution is 5.85. The highest BCUT2D eigenvalue weighted by Gasteiger charge is 2.21. The molecule has 1 aliphatic rings. The zero-order valence-corrected chi connectivity index (χ0v) is 18.0. The minimum Gasteiger partial charge on any atom is -0.399 e. The van der Waals surface area contributed by atoms with Crippen molar-refractivity contribution >= 4 is 23.0 Å². The normalized spacial score (nSPS) is 14.5. The first-order chi connectivity index (χ1) is 15.0. The van der Waals surface area contributed by atoms with Gasteiger partial charge in [0.15, 0.2) is 0 Å². The number of nitrogen functional groups attached to an aromatic ring is 1. The molecule has 7 N–H and O–H groups in total. The van der Waals surface area contributed by atoms with Crippen LogP contribution in [0.5, 0.6) is 0 Å². The van der Waals surface area contributed by atoms with Crippen LogP contribution in [0.25, 0.3) is 22.4 Å². The van der Waals surface area contributed by atoms with Gasteiger partial charge in [-0.05, 0) is 42.7 Å². The van der Waals surface area contributed by atoms with Crippen LogP contribution < -0.4 is 32.5 Å². The molecule has 2 aromatic carbocycles. The Morgan fingerprint density at radius 1 is 1.06 bits per heavy atom. The van der Waals surface area contributed by atoms with Crippen molar-refractivity contribution in [2.24, 2.45) is 11.6 Å². The van der Waals surface area contributed by atoms with Gasteiger partial charge in [0.2, 0.25) is 5.95 Å². The predicted octanol–water partition coefficient (Wildman–Crippen LogP) is 2.67. The lowest BCUT2D eigenvalue weighted by Gasteiger charge is -2.30. The number of nitrogens with two attached hydrogens (primary N) is 3. The maximum Gasteiger partial charge on any atom is 0.225 e. The van der Waals surface area contributed by atoms with E-state index in [1.807, 2.05) is 56.7 Å². The van der Waals surface area contributed by atoms with Crippen molar-refractivity contribution in [2.75, 3.05) is 48.1 Å². The van der Waals surface area contributed by atoms with E-state index in [0.29, 0.717) is 0 Å². The van der Waals surface area contributed by atoms with Crippen LogP contribution in [0.1, 0.15) is 12.8 Å². The Kier molecular flexibility index (Phi) is 5.92. The second-order valence-corrected chi connectivity index (χ2v) is 7.97. The second-order valence-electron chi connectivity index (χ2n) is 7.97. The number of benzene rings is 2. The predicted molar refractivity (Wildman–Crippen MR) is 129 cm³/mol. The van der Waals surface area contributed by atoms with Crippen molar-refractivity contribution in [3.63, 3.8) is 0 Å². The molecule has 0 unspecified atom stereocenters. The Morgan fingerprint density at radius 2 is 1.74 bits per heavy atom. The largest absolute Gasteiger partial charge is 0.399 e. The minimum absolute atomic E-state index is 0.256. The molecule has 1 saturated heterocycles. The van der Waals surface area contributed by atoms with Gasteiger partial charge in [0, 0.05) is 56.2 Å². The zero-order valence-electron chi connectivity index (χ0n) is 18.0. The fourth-order valence-electron chi connectivity index (χ4n) is 3.91. The monoisotopic (exact) mass is 418 g/mol. The molecule has 0 radical (unpaired) electrons. The molecule has 1 aliphatic heterocycles. The van der Waals surface area contributed by atoms with Crippen molar-refractivity contribution in [3.8, 4) is 22.4 Å². The first-order valence-corrected chi connectivity index (χ1v) is 10.5. The summed E-state index contributed by atoms with van der Waals surface area (Å²) < 4.78 is 0. The molecular formula is C23H30N8. The van der Waals surface area contributed by atoms with Gasteiger partial charge in [-0.2, -0.15) is 0 Å². The molecule has 31 heavy (non-hydrogen) atoms. The number of nitrogens with zero attached hydrogens (tertiary/aromatic N) is 4. The molecule has 2 heterocycles. The number of nitrogens with one attached hydrogen (secondary N) is 1. The topological polar surface area (TPSA) is 122 Å². The van der Waals surface area contributed by atoms with E-state index in [1.54, 1.807) is 5.01 Å². The van der Waals surface area contributed by atoms with Crippen LogP contribution in [-0.4, -0.2) is 43.2 Å². The molecule has 4 rings (SSSR count). The molecule has 0 saturated carbocycles. The standard InChI is InChI=1S/C23H30N8/c1-27-20-13-16(5-8-21(20)30(2)26)19-14-28-23(31-11-9-18(25)10-12-31)29-22(19)15-3-6-17(24)7-4-15/h3-8,13-14,18,27H,9-12,24-26H2,1-2H3. The molecule has 0 aliphatic carbocycles. The van der Waals surface area contributed by atoms with Crippen LogP contribution >= 0.6 is 0 Å². The molecular weight excluding hydrogens is 388 g/mol. The lowest BCUT2D eigenvalue weighted by atomic mass is 9.99. The van der Waals surface area contributed by atoms with Crippen molar-refractivity contribution in [1.29, 1.82) is 0 Å². The van der Waals surface area contributed by atoms with E-state index in [2.05, 4.69) is 16.3 Å². The third-order valence-electron chi connectivity index (χ3n) is 5.74. The average molecular weight is 419 g/mol. The molecule has 8 heteroatoms. The summed E-state index contributed by atoms with van der Waals surface area (Å²) in [6.45, 7) is 1.73. The van der Waals surface area contributed by atoms with Gasteiger partial charge < -0.3 is 26.7 Å². The van der Waals surface area contributed by atoms with Gasteiger partial charge in [0.1, 0.15) is 0 Å². The number of piperidine rings is 1. The molecule has 3 aromatic rings. The Morgan fingerprint density at radius 3 is 2.39 bits per heavy atom. The lowest BCUT2D eigenvalue weighted by Crippen LogP contribution is -2.40. The lowest BCUT2D eigenvalue weighted by molar-refractivity contribution is 0.495. The van der Waals surface area contributed by atoms with Crippen molar-refractivity contribution in [2.45, 2.75) is 18.9 Å². The highest BCUT2D eigenvalue weighted by Crippen LogP contribution is 2.36. The summed E-state index contributed by atoms with van der Waals surface area (Å²) in [6.07, 6.45) is 3.80. The summed E-state index contributed by atoms with van der Waals surface area (Å²) in [5.74, 6) is 6.70. The molecule has 0 atom stereocenters.